The first kappa shape index (κ1) is 19.9. The summed E-state index contributed by atoms with van der Waals surface area (Å²) in [5, 5.41) is 6.26. The van der Waals surface area contributed by atoms with Gasteiger partial charge in [-0.3, -0.25) is 9.59 Å². The van der Waals surface area contributed by atoms with E-state index in [2.05, 4.69) is 20.6 Å². The molecular weight excluding hydrogens is 348 g/mol. The maximum Gasteiger partial charge on any atom is 0.243 e. The van der Waals surface area contributed by atoms with Crippen molar-refractivity contribution in [2.24, 2.45) is 0 Å². The first-order chi connectivity index (χ1) is 12.2. The number of hydrogen-bond acceptors (Lipinski definition) is 5. The third-order valence-electron chi connectivity index (χ3n) is 3.68. The van der Waals surface area contributed by atoms with Gasteiger partial charge in [0, 0.05) is 11.4 Å². The minimum Gasteiger partial charge on any atom is -0.346 e. The number of benzene rings is 1. The van der Waals surface area contributed by atoms with Crippen LogP contribution in [-0.4, -0.2) is 34.1 Å². The van der Waals surface area contributed by atoms with E-state index < -0.39 is 0 Å². The Kier molecular flexibility index (Phi) is 6.74. The summed E-state index contributed by atoms with van der Waals surface area (Å²) in [5.41, 5.74) is 4.83. The number of amides is 2. The molecule has 0 radical (unpaired) electrons. The summed E-state index contributed by atoms with van der Waals surface area (Å²) in [6, 6.07) is 5.87. The Morgan fingerprint density at radius 3 is 2.23 bits per heavy atom. The fraction of sp³-hybridized carbons (Fsp3) is 0.368. The first-order valence-electron chi connectivity index (χ1n) is 8.34. The molecule has 0 aliphatic heterocycles. The van der Waals surface area contributed by atoms with Crippen LogP contribution in [0.4, 0.5) is 5.69 Å². The van der Waals surface area contributed by atoms with Crippen molar-refractivity contribution < 1.29 is 9.59 Å². The summed E-state index contributed by atoms with van der Waals surface area (Å²) in [7, 11) is 0. The third-order valence-corrected chi connectivity index (χ3v) is 4.59. The van der Waals surface area contributed by atoms with Gasteiger partial charge < -0.3 is 10.6 Å². The van der Waals surface area contributed by atoms with Gasteiger partial charge in [-0.15, -0.1) is 0 Å². The van der Waals surface area contributed by atoms with Crippen LogP contribution >= 0.6 is 11.8 Å². The molecule has 2 aromatic rings. The van der Waals surface area contributed by atoms with Crippen LogP contribution in [0.3, 0.4) is 0 Å². The monoisotopic (exact) mass is 372 g/mol. The number of hydrogen-bond donors (Lipinski definition) is 2. The van der Waals surface area contributed by atoms with Crippen molar-refractivity contribution in [3.63, 3.8) is 0 Å². The van der Waals surface area contributed by atoms with Crippen LogP contribution in [0.1, 0.15) is 28.2 Å². The van der Waals surface area contributed by atoms with Gasteiger partial charge in [0.05, 0.1) is 12.3 Å². The molecule has 0 aliphatic carbocycles. The molecule has 0 bridgehead atoms. The van der Waals surface area contributed by atoms with E-state index in [0.29, 0.717) is 5.82 Å². The standard InChI is InChI=1S/C19H24N4O2S/c1-11-6-12(2)19(13(3)7-11)23-16(24)9-20-17(25)10-26-18-8-14(4)21-15(5)22-18/h6-8H,9-10H2,1-5H3,(H,20,25)(H,23,24). The van der Waals surface area contributed by atoms with E-state index in [-0.39, 0.29) is 24.1 Å². The van der Waals surface area contributed by atoms with Gasteiger partial charge in [-0.25, -0.2) is 9.97 Å². The molecule has 0 saturated carbocycles. The highest BCUT2D eigenvalue weighted by molar-refractivity contribution is 7.99. The Morgan fingerprint density at radius 1 is 0.962 bits per heavy atom. The van der Waals surface area contributed by atoms with Crippen molar-refractivity contribution in [2.45, 2.75) is 39.6 Å². The van der Waals surface area contributed by atoms with Crippen molar-refractivity contribution in [1.29, 1.82) is 0 Å². The first-order valence-corrected chi connectivity index (χ1v) is 9.32. The molecule has 138 valence electrons. The van der Waals surface area contributed by atoms with E-state index in [1.807, 2.05) is 52.8 Å². The largest absolute Gasteiger partial charge is 0.346 e. The minimum atomic E-state index is -0.243. The van der Waals surface area contributed by atoms with Gasteiger partial charge in [0.1, 0.15) is 10.9 Å². The molecule has 0 atom stereocenters. The lowest BCUT2D eigenvalue weighted by Gasteiger charge is -2.13. The summed E-state index contributed by atoms with van der Waals surface area (Å²) in [4.78, 5) is 32.6. The number of nitrogens with zero attached hydrogens (tertiary/aromatic N) is 2. The quantitative estimate of drug-likeness (QED) is 0.602. The summed E-state index contributed by atoms with van der Waals surface area (Å²) in [5.74, 6) is 0.422. The highest BCUT2D eigenvalue weighted by Gasteiger charge is 2.10. The number of rotatable bonds is 6. The smallest absolute Gasteiger partial charge is 0.243 e. The minimum absolute atomic E-state index is 0.0615. The van der Waals surface area contributed by atoms with Crippen LogP contribution in [0, 0.1) is 34.6 Å². The van der Waals surface area contributed by atoms with Crippen molar-refractivity contribution in [3.8, 4) is 0 Å². The molecule has 0 fully saturated rings. The molecule has 1 aromatic carbocycles. The van der Waals surface area contributed by atoms with Crippen LogP contribution in [0.2, 0.25) is 0 Å². The maximum atomic E-state index is 12.1. The number of aryl methyl sites for hydroxylation is 5. The molecule has 2 amide bonds. The lowest BCUT2D eigenvalue weighted by molar-refractivity contribution is -0.122. The van der Waals surface area contributed by atoms with E-state index in [1.165, 1.54) is 11.8 Å². The molecule has 1 aromatic heterocycles. The fourth-order valence-electron chi connectivity index (χ4n) is 2.69. The highest BCUT2D eigenvalue weighted by Crippen LogP contribution is 2.21. The van der Waals surface area contributed by atoms with Crippen LogP contribution in [0.5, 0.6) is 0 Å². The van der Waals surface area contributed by atoms with Gasteiger partial charge in [-0.05, 0) is 51.8 Å². The van der Waals surface area contributed by atoms with Gasteiger partial charge >= 0.3 is 0 Å². The van der Waals surface area contributed by atoms with Gasteiger partial charge in [0.15, 0.2) is 0 Å². The van der Waals surface area contributed by atoms with Crippen molar-refractivity contribution in [1.82, 2.24) is 15.3 Å². The van der Waals surface area contributed by atoms with E-state index in [1.54, 1.807) is 0 Å². The molecule has 0 spiro atoms. The van der Waals surface area contributed by atoms with E-state index >= 15 is 0 Å². The second kappa shape index (κ2) is 8.80. The van der Waals surface area contributed by atoms with Crippen LogP contribution in [0.15, 0.2) is 23.2 Å². The molecule has 0 aliphatic rings. The fourth-order valence-corrected chi connectivity index (χ4v) is 3.52. The predicted molar refractivity (Wildman–Crippen MR) is 105 cm³/mol. The number of aromatic nitrogens is 2. The zero-order valence-corrected chi connectivity index (χ0v) is 16.6. The topological polar surface area (TPSA) is 84.0 Å². The summed E-state index contributed by atoms with van der Waals surface area (Å²) >= 11 is 1.32. The molecule has 6 nitrogen and oxygen atoms in total. The molecule has 1 heterocycles. The zero-order chi connectivity index (χ0) is 19.3. The number of nitrogens with one attached hydrogen (secondary N) is 2. The molecule has 0 saturated heterocycles. The third kappa shape index (κ3) is 5.84. The lowest BCUT2D eigenvalue weighted by atomic mass is 10.1. The predicted octanol–water partition coefficient (Wildman–Crippen LogP) is 2.87. The van der Waals surface area contributed by atoms with Gasteiger partial charge in [-0.2, -0.15) is 0 Å². The van der Waals surface area contributed by atoms with Crippen LogP contribution in [0.25, 0.3) is 0 Å². The second-order valence-electron chi connectivity index (χ2n) is 6.28. The number of carbonyl (C=O) groups excluding carboxylic acids is 2. The Bertz CT molecular complexity index is 793. The Labute approximate surface area is 158 Å². The van der Waals surface area contributed by atoms with Crippen molar-refractivity contribution in [2.75, 3.05) is 17.6 Å². The van der Waals surface area contributed by atoms with Crippen LogP contribution in [-0.2, 0) is 9.59 Å². The maximum absolute atomic E-state index is 12.1. The molecule has 26 heavy (non-hydrogen) atoms. The van der Waals surface area contributed by atoms with Crippen molar-refractivity contribution >= 4 is 29.3 Å². The average molecular weight is 372 g/mol. The molecular formula is C19H24N4O2S. The average Bonchev–Trinajstić information content (AvgIpc) is 2.53. The van der Waals surface area contributed by atoms with Gasteiger partial charge in [-0.1, -0.05) is 29.5 Å². The summed E-state index contributed by atoms with van der Waals surface area (Å²) in [6.45, 7) is 9.57. The molecule has 2 rings (SSSR count). The summed E-state index contributed by atoms with van der Waals surface area (Å²) < 4.78 is 0. The molecule has 2 N–H and O–H groups in total. The Morgan fingerprint density at radius 2 is 1.62 bits per heavy atom. The Hall–Kier alpha value is -2.41. The van der Waals surface area contributed by atoms with E-state index in [9.17, 15) is 9.59 Å². The van der Waals surface area contributed by atoms with E-state index in [4.69, 9.17) is 0 Å². The molecule has 0 unspecified atom stereocenters. The summed E-state index contributed by atoms with van der Waals surface area (Å²) in [6.07, 6.45) is 0. The Balaban J connectivity index is 1.82. The number of anilines is 1. The second-order valence-corrected chi connectivity index (χ2v) is 7.28. The SMILES string of the molecule is Cc1cc(C)c(NC(=O)CNC(=O)CSc2cc(C)nc(C)n2)c(C)c1. The zero-order valence-electron chi connectivity index (χ0n) is 15.8. The van der Waals surface area contributed by atoms with Crippen LogP contribution < -0.4 is 10.6 Å². The van der Waals surface area contributed by atoms with Crippen molar-refractivity contribution in [3.05, 3.63) is 46.4 Å². The number of thioether (sulfide) groups is 1. The molecule has 7 heteroatoms. The lowest BCUT2D eigenvalue weighted by Crippen LogP contribution is -2.34. The van der Waals surface area contributed by atoms with E-state index in [0.717, 1.165) is 33.1 Å². The van der Waals surface area contributed by atoms with Gasteiger partial charge in [0.2, 0.25) is 11.8 Å². The van der Waals surface area contributed by atoms with Gasteiger partial charge in [0.25, 0.3) is 0 Å². The normalized spacial score (nSPS) is 10.5. The number of carbonyl (C=O) groups is 2. The highest BCUT2D eigenvalue weighted by atomic mass is 32.2.